The smallest absolute Gasteiger partial charge is 0.237 e. The fourth-order valence-corrected chi connectivity index (χ4v) is 1.87. The highest BCUT2D eigenvalue weighted by Crippen LogP contribution is 2.28. The minimum atomic E-state index is -0.495. The Morgan fingerprint density at radius 1 is 1.37 bits per heavy atom. The normalized spacial score (nSPS) is 16.1. The number of rotatable bonds is 8. The molecule has 0 saturated heterocycles. The van der Waals surface area contributed by atoms with E-state index < -0.39 is 6.04 Å². The maximum absolute atomic E-state index is 11.8. The van der Waals surface area contributed by atoms with Gasteiger partial charge in [-0.1, -0.05) is 30.3 Å². The maximum Gasteiger partial charge on any atom is 0.237 e. The van der Waals surface area contributed by atoms with Crippen LogP contribution >= 0.6 is 0 Å². The van der Waals surface area contributed by atoms with Gasteiger partial charge in [0.25, 0.3) is 0 Å². The molecule has 1 aliphatic rings. The zero-order chi connectivity index (χ0) is 13.5. The van der Waals surface area contributed by atoms with Crippen molar-refractivity contribution in [3.8, 4) is 0 Å². The lowest BCUT2D eigenvalue weighted by molar-refractivity contribution is -0.122. The van der Waals surface area contributed by atoms with Gasteiger partial charge in [-0.05, 0) is 30.7 Å². The van der Waals surface area contributed by atoms with E-state index in [1.807, 2.05) is 30.3 Å². The summed E-state index contributed by atoms with van der Waals surface area (Å²) < 4.78 is 5.45. The first-order valence-corrected chi connectivity index (χ1v) is 6.90. The Bertz CT molecular complexity index is 390. The molecule has 1 amide bonds. The van der Waals surface area contributed by atoms with E-state index in [4.69, 9.17) is 10.5 Å². The van der Waals surface area contributed by atoms with Crippen molar-refractivity contribution in [3.63, 3.8) is 0 Å². The molecule has 4 heteroatoms. The SMILES string of the molecule is N[C@H](Cc1ccccc1)C(=O)NCCOCC1CC1. The fourth-order valence-electron chi connectivity index (χ4n) is 1.87. The second-order valence-electron chi connectivity index (χ2n) is 5.11. The number of amides is 1. The van der Waals surface area contributed by atoms with Crippen LogP contribution in [0.15, 0.2) is 30.3 Å². The first-order valence-electron chi connectivity index (χ1n) is 6.90. The summed E-state index contributed by atoms with van der Waals surface area (Å²) in [5.41, 5.74) is 6.95. The Morgan fingerprint density at radius 3 is 2.79 bits per heavy atom. The third-order valence-electron chi connectivity index (χ3n) is 3.23. The van der Waals surface area contributed by atoms with E-state index in [1.54, 1.807) is 0 Å². The molecule has 0 spiro atoms. The van der Waals surface area contributed by atoms with Crippen LogP contribution in [0.25, 0.3) is 0 Å². The van der Waals surface area contributed by atoms with Gasteiger partial charge in [-0.3, -0.25) is 4.79 Å². The van der Waals surface area contributed by atoms with Gasteiger partial charge in [0.2, 0.25) is 5.91 Å². The van der Waals surface area contributed by atoms with Crippen molar-refractivity contribution in [3.05, 3.63) is 35.9 Å². The van der Waals surface area contributed by atoms with Crippen molar-refractivity contribution in [2.24, 2.45) is 11.7 Å². The monoisotopic (exact) mass is 262 g/mol. The number of carbonyl (C=O) groups is 1. The third kappa shape index (κ3) is 5.41. The lowest BCUT2D eigenvalue weighted by Gasteiger charge is -2.12. The van der Waals surface area contributed by atoms with Gasteiger partial charge in [-0.2, -0.15) is 0 Å². The first-order chi connectivity index (χ1) is 9.25. The summed E-state index contributed by atoms with van der Waals surface area (Å²) in [6.07, 6.45) is 3.14. The van der Waals surface area contributed by atoms with E-state index in [2.05, 4.69) is 5.32 Å². The fraction of sp³-hybridized carbons (Fsp3) is 0.533. The molecule has 1 aromatic rings. The topological polar surface area (TPSA) is 64.4 Å². The van der Waals surface area contributed by atoms with Crippen LogP contribution in [0.1, 0.15) is 18.4 Å². The number of hydrogen-bond donors (Lipinski definition) is 2. The molecule has 0 aliphatic heterocycles. The molecule has 104 valence electrons. The Kier molecular flexibility index (Phi) is 5.36. The maximum atomic E-state index is 11.8. The molecule has 0 unspecified atom stereocenters. The van der Waals surface area contributed by atoms with Crippen LogP contribution in [0.4, 0.5) is 0 Å². The van der Waals surface area contributed by atoms with Crippen LogP contribution in [-0.4, -0.2) is 31.7 Å². The number of carbonyl (C=O) groups excluding carboxylic acids is 1. The van der Waals surface area contributed by atoms with Crippen LogP contribution in [0.2, 0.25) is 0 Å². The van der Waals surface area contributed by atoms with Crippen LogP contribution in [0, 0.1) is 5.92 Å². The zero-order valence-corrected chi connectivity index (χ0v) is 11.2. The summed E-state index contributed by atoms with van der Waals surface area (Å²) >= 11 is 0. The molecule has 2 rings (SSSR count). The molecule has 1 aliphatic carbocycles. The van der Waals surface area contributed by atoms with Gasteiger partial charge in [0.15, 0.2) is 0 Å². The summed E-state index contributed by atoms with van der Waals surface area (Å²) in [5.74, 6) is 0.648. The molecule has 1 aromatic carbocycles. The molecule has 0 aromatic heterocycles. The van der Waals surface area contributed by atoms with Crippen molar-refractivity contribution in [1.82, 2.24) is 5.32 Å². The van der Waals surface area contributed by atoms with E-state index in [9.17, 15) is 4.79 Å². The second kappa shape index (κ2) is 7.26. The van der Waals surface area contributed by atoms with Crippen molar-refractivity contribution >= 4 is 5.91 Å². The van der Waals surface area contributed by atoms with Crippen molar-refractivity contribution in [2.75, 3.05) is 19.8 Å². The minimum Gasteiger partial charge on any atom is -0.379 e. The molecule has 0 bridgehead atoms. The van der Waals surface area contributed by atoms with Gasteiger partial charge in [0.1, 0.15) is 0 Å². The minimum absolute atomic E-state index is 0.112. The van der Waals surface area contributed by atoms with Gasteiger partial charge in [-0.15, -0.1) is 0 Å². The largest absolute Gasteiger partial charge is 0.379 e. The number of nitrogens with two attached hydrogens (primary N) is 1. The van der Waals surface area contributed by atoms with Gasteiger partial charge >= 0.3 is 0 Å². The molecule has 1 fully saturated rings. The summed E-state index contributed by atoms with van der Waals surface area (Å²) in [6, 6.07) is 9.31. The molecule has 4 nitrogen and oxygen atoms in total. The van der Waals surface area contributed by atoms with Gasteiger partial charge in [0, 0.05) is 13.2 Å². The molecule has 0 heterocycles. The van der Waals surface area contributed by atoms with Crippen molar-refractivity contribution in [2.45, 2.75) is 25.3 Å². The van der Waals surface area contributed by atoms with E-state index in [0.29, 0.717) is 19.6 Å². The predicted octanol–water partition coefficient (Wildman–Crippen LogP) is 1.10. The van der Waals surface area contributed by atoms with E-state index in [1.165, 1.54) is 12.8 Å². The predicted molar refractivity (Wildman–Crippen MR) is 74.7 cm³/mol. The Balaban J connectivity index is 1.58. The highest BCUT2D eigenvalue weighted by Gasteiger charge is 2.21. The van der Waals surface area contributed by atoms with Crippen molar-refractivity contribution < 1.29 is 9.53 Å². The lowest BCUT2D eigenvalue weighted by atomic mass is 10.1. The molecule has 0 radical (unpaired) electrons. The van der Waals surface area contributed by atoms with Crippen molar-refractivity contribution in [1.29, 1.82) is 0 Å². The summed E-state index contributed by atoms with van der Waals surface area (Å²) in [4.78, 5) is 11.8. The van der Waals surface area contributed by atoms with E-state index >= 15 is 0 Å². The van der Waals surface area contributed by atoms with Crippen LogP contribution in [-0.2, 0) is 16.0 Å². The highest BCUT2D eigenvalue weighted by molar-refractivity contribution is 5.81. The standard InChI is InChI=1S/C15H22N2O2/c16-14(10-12-4-2-1-3-5-12)15(18)17-8-9-19-11-13-6-7-13/h1-5,13-14H,6-11,16H2,(H,17,18)/t14-/m1/s1. The second-order valence-corrected chi connectivity index (χ2v) is 5.11. The Labute approximate surface area is 114 Å². The quantitative estimate of drug-likeness (QED) is 0.690. The number of hydrogen-bond acceptors (Lipinski definition) is 3. The average Bonchev–Trinajstić information content (AvgIpc) is 3.23. The zero-order valence-electron chi connectivity index (χ0n) is 11.2. The highest BCUT2D eigenvalue weighted by atomic mass is 16.5. The third-order valence-corrected chi connectivity index (χ3v) is 3.23. The van der Waals surface area contributed by atoms with Crippen LogP contribution < -0.4 is 11.1 Å². The molecular formula is C15H22N2O2. The Hall–Kier alpha value is -1.39. The summed E-state index contributed by atoms with van der Waals surface area (Å²) in [6.45, 7) is 1.93. The number of ether oxygens (including phenoxy) is 1. The summed E-state index contributed by atoms with van der Waals surface area (Å²) in [5, 5.41) is 2.81. The van der Waals surface area contributed by atoms with E-state index in [0.717, 1.165) is 18.1 Å². The molecule has 1 atom stereocenters. The van der Waals surface area contributed by atoms with Gasteiger partial charge < -0.3 is 15.8 Å². The first kappa shape index (κ1) is 14.0. The average molecular weight is 262 g/mol. The number of nitrogens with one attached hydrogen (secondary N) is 1. The summed E-state index contributed by atoms with van der Waals surface area (Å²) in [7, 11) is 0. The molecular weight excluding hydrogens is 240 g/mol. The van der Waals surface area contributed by atoms with E-state index in [-0.39, 0.29) is 5.91 Å². The molecule has 1 saturated carbocycles. The van der Waals surface area contributed by atoms with Gasteiger partial charge in [0.05, 0.1) is 12.6 Å². The molecule has 3 N–H and O–H groups in total. The molecule has 19 heavy (non-hydrogen) atoms. The Morgan fingerprint density at radius 2 is 2.11 bits per heavy atom. The number of benzene rings is 1. The van der Waals surface area contributed by atoms with Gasteiger partial charge in [-0.25, -0.2) is 0 Å². The van der Waals surface area contributed by atoms with Crippen LogP contribution in [0.3, 0.4) is 0 Å². The lowest BCUT2D eigenvalue weighted by Crippen LogP contribution is -2.43. The van der Waals surface area contributed by atoms with Crippen LogP contribution in [0.5, 0.6) is 0 Å².